The van der Waals surface area contributed by atoms with Gasteiger partial charge >= 0.3 is 0 Å². The second-order valence-corrected chi connectivity index (χ2v) is 5.39. The number of nitrogens with one attached hydrogen (secondary N) is 1. The minimum absolute atomic E-state index is 0.234. The summed E-state index contributed by atoms with van der Waals surface area (Å²) in [6, 6.07) is 0. The second kappa shape index (κ2) is 3.30. The molecular weight excluding hydrogens is 208 g/mol. The Kier molecular flexibility index (Phi) is 2.34. The van der Waals surface area contributed by atoms with E-state index in [-0.39, 0.29) is 5.41 Å². The number of rotatable bonds is 2. The summed E-state index contributed by atoms with van der Waals surface area (Å²) < 4.78 is 5.37. The predicted octanol–water partition coefficient (Wildman–Crippen LogP) is 3.44. The first-order chi connectivity index (χ1) is 6.93. The first kappa shape index (κ1) is 10.6. The fourth-order valence-corrected chi connectivity index (χ4v) is 2.32. The smallest absolute Gasteiger partial charge is 0.284 e. The van der Waals surface area contributed by atoms with Crippen molar-refractivity contribution >= 4 is 12.2 Å². The molecule has 1 aliphatic rings. The molecule has 0 bridgehead atoms. The van der Waals surface area contributed by atoms with Gasteiger partial charge in [-0.25, -0.2) is 5.10 Å². The lowest BCUT2D eigenvalue weighted by molar-refractivity contribution is 0.457. The summed E-state index contributed by atoms with van der Waals surface area (Å²) in [5, 5.41) is 6.78. The minimum Gasteiger partial charge on any atom is -0.414 e. The Labute approximate surface area is 94.6 Å². The van der Waals surface area contributed by atoms with Gasteiger partial charge in [-0.05, 0) is 37.4 Å². The number of aromatic nitrogens is 2. The van der Waals surface area contributed by atoms with Gasteiger partial charge in [-0.15, -0.1) is 5.10 Å². The summed E-state index contributed by atoms with van der Waals surface area (Å²) >= 11 is 4.88. The van der Waals surface area contributed by atoms with Crippen LogP contribution in [0.3, 0.4) is 0 Å². The lowest BCUT2D eigenvalue weighted by atomic mass is 10.1. The fourth-order valence-electron chi connectivity index (χ4n) is 2.19. The van der Waals surface area contributed by atoms with Crippen molar-refractivity contribution in [1.82, 2.24) is 10.2 Å². The Morgan fingerprint density at radius 3 is 2.67 bits per heavy atom. The number of hydrogen-bond donors (Lipinski definition) is 1. The topological polar surface area (TPSA) is 41.8 Å². The molecule has 0 spiro atoms. The molecule has 0 radical (unpaired) electrons. The Hall–Kier alpha value is -0.900. The van der Waals surface area contributed by atoms with E-state index in [2.05, 4.69) is 44.0 Å². The zero-order chi connectivity index (χ0) is 11.2. The molecule has 0 saturated heterocycles. The van der Waals surface area contributed by atoms with Crippen molar-refractivity contribution in [2.75, 3.05) is 0 Å². The van der Waals surface area contributed by atoms with Crippen LogP contribution in [0.4, 0.5) is 0 Å². The molecule has 0 aliphatic heterocycles. The maximum Gasteiger partial charge on any atom is 0.284 e. The summed E-state index contributed by atoms with van der Waals surface area (Å²) in [6.45, 7) is 8.70. The zero-order valence-corrected chi connectivity index (χ0v) is 10.3. The van der Waals surface area contributed by atoms with Gasteiger partial charge in [0.05, 0.1) is 0 Å². The van der Waals surface area contributed by atoms with Gasteiger partial charge in [0.15, 0.2) is 0 Å². The first-order valence-electron chi connectivity index (χ1n) is 5.13. The number of H-pyrrole nitrogens is 1. The molecule has 3 nitrogen and oxygen atoms in total. The molecule has 0 aromatic carbocycles. The maximum atomic E-state index is 5.37. The fraction of sp³-hybridized carbons (Fsp3) is 0.636. The molecule has 1 aliphatic carbocycles. The Morgan fingerprint density at radius 2 is 2.20 bits per heavy atom. The van der Waals surface area contributed by atoms with E-state index in [0.29, 0.717) is 16.7 Å². The third-order valence-corrected chi connectivity index (χ3v) is 3.32. The van der Waals surface area contributed by atoms with Crippen LogP contribution in [0.2, 0.25) is 0 Å². The number of aromatic amines is 1. The van der Waals surface area contributed by atoms with Gasteiger partial charge in [0.2, 0.25) is 5.89 Å². The monoisotopic (exact) mass is 224 g/mol. The third kappa shape index (κ3) is 1.78. The van der Waals surface area contributed by atoms with Gasteiger partial charge in [-0.1, -0.05) is 25.5 Å². The van der Waals surface area contributed by atoms with E-state index in [1.54, 1.807) is 0 Å². The molecule has 1 heterocycles. The molecule has 1 saturated carbocycles. The normalized spacial score (nSPS) is 27.5. The van der Waals surface area contributed by atoms with Gasteiger partial charge in [0, 0.05) is 5.92 Å². The highest BCUT2D eigenvalue weighted by Gasteiger charge is 2.59. The van der Waals surface area contributed by atoms with Gasteiger partial charge in [-0.2, -0.15) is 0 Å². The van der Waals surface area contributed by atoms with Crippen LogP contribution >= 0.6 is 12.2 Å². The summed E-state index contributed by atoms with van der Waals surface area (Å²) in [4.78, 5) is 0.364. The van der Waals surface area contributed by atoms with Crippen LogP contribution in [0.5, 0.6) is 0 Å². The third-order valence-electron chi connectivity index (χ3n) is 3.14. The van der Waals surface area contributed by atoms with Crippen molar-refractivity contribution in [3.8, 4) is 0 Å². The summed E-state index contributed by atoms with van der Waals surface area (Å²) in [7, 11) is 0. The van der Waals surface area contributed by atoms with E-state index in [4.69, 9.17) is 16.6 Å². The van der Waals surface area contributed by atoms with Gasteiger partial charge < -0.3 is 4.42 Å². The van der Waals surface area contributed by atoms with Crippen LogP contribution in [-0.4, -0.2) is 10.2 Å². The van der Waals surface area contributed by atoms with E-state index in [1.165, 1.54) is 5.57 Å². The minimum atomic E-state index is 0.234. The van der Waals surface area contributed by atoms with Crippen LogP contribution in [0.1, 0.15) is 39.5 Å². The Morgan fingerprint density at radius 1 is 1.53 bits per heavy atom. The Bertz CT molecular complexity index is 451. The van der Waals surface area contributed by atoms with Crippen molar-refractivity contribution in [3.63, 3.8) is 0 Å². The largest absolute Gasteiger partial charge is 0.414 e. The van der Waals surface area contributed by atoms with Crippen molar-refractivity contribution in [3.05, 3.63) is 22.4 Å². The van der Waals surface area contributed by atoms with Crippen molar-refractivity contribution in [1.29, 1.82) is 0 Å². The number of hydrogen-bond acceptors (Lipinski definition) is 3. The number of nitrogens with zero attached hydrogens (tertiary/aromatic N) is 1. The summed E-state index contributed by atoms with van der Waals surface area (Å²) in [5.41, 5.74) is 1.57. The van der Waals surface area contributed by atoms with Crippen LogP contribution in [-0.2, 0) is 0 Å². The van der Waals surface area contributed by atoms with E-state index in [1.807, 2.05) is 0 Å². The predicted molar refractivity (Wildman–Crippen MR) is 61.1 cm³/mol. The molecule has 82 valence electrons. The van der Waals surface area contributed by atoms with Crippen LogP contribution in [0, 0.1) is 16.2 Å². The standard InChI is InChI=1S/C11H16N2OS/c1-6(2)5-7-8(11(7,3)4)9-12-13-10(15)14-9/h5,7-8H,1-4H3,(H,13,15). The Balaban J connectivity index is 2.27. The molecule has 1 fully saturated rings. The van der Waals surface area contributed by atoms with Gasteiger partial charge in [0.25, 0.3) is 4.84 Å². The molecule has 1 aromatic heterocycles. The van der Waals surface area contributed by atoms with Crippen molar-refractivity contribution in [2.24, 2.45) is 11.3 Å². The molecule has 0 amide bonds. The zero-order valence-electron chi connectivity index (χ0n) is 9.50. The van der Waals surface area contributed by atoms with Crippen molar-refractivity contribution < 1.29 is 4.42 Å². The molecule has 2 atom stereocenters. The SMILES string of the molecule is CC(C)=CC1C(c2n[nH]c(=S)o2)C1(C)C. The highest BCUT2D eigenvalue weighted by Crippen LogP contribution is 2.64. The van der Waals surface area contributed by atoms with E-state index in [0.717, 1.165) is 5.89 Å². The second-order valence-electron chi connectivity index (χ2n) is 5.02. The lowest BCUT2D eigenvalue weighted by Gasteiger charge is -1.97. The summed E-state index contributed by atoms with van der Waals surface area (Å²) in [6.07, 6.45) is 2.29. The molecule has 2 unspecified atom stereocenters. The van der Waals surface area contributed by atoms with E-state index in [9.17, 15) is 0 Å². The average molecular weight is 224 g/mol. The molecule has 1 aromatic rings. The summed E-state index contributed by atoms with van der Waals surface area (Å²) in [5.74, 6) is 1.62. The van der Waals surface area contributed by atoms with Crippen LogP contribution in [0.15, 0.2) is 16.1 Å². The molecule has 2 rings (SSSR count). The van der Waals surface area contributed by atoms with E-state index >= 15 is 0 Å². The first-order valence-corrected chi connectivity index (χ1v) is 5.54. The maximum absolute atomic E-state index is 5.37. The van der Waals surface area contributed by atoms with E-state index < -0.39 is 0 Å². The highest BCUT2D eigenvalue weighted by atomic mass is 32.1. The van der Waals surface area contributed by atoms with Crippen LogP contribution < -0.4 is 0 Å². The molecule has 1 N–H and O–H groups in total. The molecule has 15 heavy (non-hydrogen) atoms. The number of allylic oxidation sites excluding steroid dienone is 2. The lowest BCUT2D eigenvalue weighted by Crippen LogP contribution is -1.90. The van der Waals surface area contributed by atoms with Crippen LogP contribution in [0.25, 0.3) is 0 Å². The average Bonchev–Trinajstić information content (AvgIpc) is 2.47. The molecule has 4 heteroatoms. The highest BCUT2D eigenvalue weighted by molar-refractivity contribution is 7.71. The van der Waals surface area contributed by atoms with Gasteiger partial charge in [0.1, 0.15) is 0 Å². The molecular formula is C11H16N2OS. The van der Waals surface area contributed by atoms with Crippen molar-refractivity contribution in [2.45, 2.75) is 33.6 Å². The quantitative estimate of drug-likeness (QED) is 0.618. The van der Waals surface area contributed by atoms with Gasteiger partial charge in [-0.3, -0.25) is 0 Å².